The summed E-state index contributed by atoms with van der Waals surface area (Å²) in [5.74, 6) is 0.283. The lowest BCUT2D eigenvalue weighted by Crippen LogP contribution is -2.11. The summed E-state index contributed by atoms with van der Waals surface area (Å²) in [6.07, 6.45) is 2.63. The van der Waals surface area contributed by atoms with Crippen molar-refractivity contribution in [2.75, 3.05) is 13.2 Å². The maximum atomic E-state index is 10.5. The zero-order valence-electron chi connectivity index (χ0n) is 7.93. The highest BCUT2D eigenvalue weighted by Gasteiger charge is 2.22. The number of hydrogen-bond acceptors (Lipinski definition) is 4. The van der Waals surface area contributed by atoms with Crippen molar-refractivity contribution in [1.29, 1.82) is 0 Å². The number of nitro groups is 1. The first-order valence-electron chi connectivity index (χ1n) is 4.62. The van der Waals surface area contributed by atoms with Gasteiger partial charge in [0.2, 0.25) is 0 Å². The van der Waals surface area contributed by atoms with Gasteiger partial charge in [-0.1, -0.05) is 0 Å². The second kappa shape index (κ2) is 4.28. The molecular formula is C8H10BrN3O3. The van der Waals surface area contributed by atoms with Gasteiger partial charge in [0, 0.05) is 12.5 Å². The first kappa shape index (κ1) is 10.6. The zero-order chi connectivity index (χ0) is 10.8. The second-order valence-electron chi connectivity index (χ2n) is 3.51. The molecule has 1 aliphatic heterocycles. The van der Waals surface area contributed by atoms with Crippen LogP contribution < -0.4 is 0 Å². The van der Waals surface area contributed by atoms with Gasteiger partial charge in [0.05, 0.1) is 24.4 Å². The summed E-state index contributed by atoms with van der Waals surface area (Å²) in [5, 5.41) is 14.4. The quantitative estimate of drug-likeness (QED) is 0.621. The molecule has 0 N–H and O–H groups in total. The molecule has 0 radical (unpaired) electrons. The minimum atomic E-state index is -0.494. The van der Waals surface area contributed by atoms with Crippen molar-refractivity contribution in [2.24, 2.45) is 5.92 Å². The van der Waals surface area contributed by atoms with Crippen LogP contribution in [0.2, 0.25) is 0 Å². The fourth-order valence-electron chi connectivity index (χ4n) is 1.60. The van der Waals surface area contributed by atoms with Crippen molar-refractivity contribution in [3.63, 3.8) is 0 Å². The maximum Gasteiger partial charge on any atom is 0.404 e. The molecule has 0 spiro atoms. The molecule has 1 atom stereocenters. The molecule has 2 rings (SSSR count). The Morgan fingerprint density at radius 3 is 3.13 bits per heavy atom. The van der Waals surface area contributed by atoms with Gasteiger partial charge < -0.3 is 14.9 Å². The monoisotopic (exact) mass is 275 g/mol. The van der Waals surface area contributed by atoms with Crippen molar-refractivity contribution < 1.29 is 9.66 Å². The molecule has 2 heterocycles. The summed E-state index contributed by atoms with van der Waals surface area (Å²) in [7, 11) is 0. The first-order chi connectivity index (χ1) is 7.16. The number of halogens is 1. The molecule has 15 heavy (non-hydrogen) atoms. The molecule has 6 nitrogen and oxygen atoms in total. The van der Waals surface area contributed by atoms with Crippen LogP contribution in [0.25, 0.3) is 0 Å². The minimum Gasteiger partial charge on any atom is -0.381 e. The lowest BCUT2D eigenvalue weighted by atomic mass is 10.1. The van der Waals surface area contributed by atoms with Gasteiger partial charge in [-0.05, 0) is 27.3 Å². The Hall–Kier alpha value is -0.950. The summed E-state index contributed by atoms with van der Waals surface area (Å²) in [6, 6.07) is 0. The Balaban J connectivity index is 2.08. The largest absolute Gasteiger partial charge is 0.404 e. The van der Waals surface area contributed by atoms with Crippen molar-refractivity contribution in [2.45, 2.75) is 13.0 Å². The first-order valence-corrected chi connectivity index (χ1v) is 5.41. The predicted octanol–water partition coefficient (Wildman–Crippen LogP) is 1.59. The molecule has 1 aromatic heterocycles. The number of nitrogens with zero attached hydrogens (tertiary/aromatic N) is 3. The summed E-state index contributed by atoms with van der Waals surface area (Å²) in [6.45, 7) is 2.16. The Morgan fingerprint density at radius 1 is 1.80 bits per heavy atom. The smallest absolute Gasteiger partial charge is 0.381 e. The molecule has 0 saturated carbocycles. The molecule has 1 saturated heterocycles. The average molecular weight is 276 g/mol. The summed E-state index contributed by atoms with van der Waals surface area (Å²) >= 11 is 3.11. The zero-order valence-corrected chi connectivity index (χ0v) is 9.51. The molecule has 0 aliphatic carbocycles. The van der Waals surface area contributed by atoms with Crippen LogP contribution in [0.15, 0.2) is 10.7 Å². The van der Waals surface area contributed by atoms with Gasteiger partial charge in [0.1, 0.15) is 4.47 Å². The molecular weight excluding hydrogens is 266 g/mol. The van der Waals surface area contributed by atoms with E-state index in [1.165, 1.54) is 0 Å². The number of rotatable bonds is 3. The van der Waals surface area contributed by atoms with Crippen molar-refractivity contribution in [1.82, 2.24) is 9.78 Å². The van der Waals surface area contributed by atoms with Gasteiger partial charge in [-0.15, -0.1) is 0 Å². The normalized spacial score (nSPS) is 20.7. The van der Waals surface area contributed by atoms with Crippen LogP contribution in [-0.2, 0) is 11.3 Å². The van der Waals surface area contributed by atoms with E-state index in [1.54, 1.807) is 10.9 Å². The van der Waals surface area contributed by atoms with Crippen LogP contribution in [0.5, 0.6) is 0 Å². The third-order valence-electron chi connectivity index (χ3n) is 2.34. The SMILES string of the molecule is O=[N+]([O-])c1nn(CC2CCOC2)cc1Br. The van der Waals surface area contributed by atoms with Gasteiger partial charge in [-0.2, -0.15) is 4.68 Å². The van der Waals surface area contributed by atoms with E-state index in [9.17, 15) is 10.1 Å². The average Bonchev–Trinajstić information content (AvgIpc) is 2.75. The summed E-state index contributed by atoms with van der Waals surface area (Å²) in [4.78, 5) is 10.1. The number of hydrogen-bond donors (Lipinski definition) is 0. The van der Waals surface area contributed by atoms with Crippen LogP contribution in [0, 0.1) is 16.0 Å². The molecule has 82 valence electrons. The van der Waals surface area contributed by atoms with E-state index in [2.05, 4.69) is 21.0 Å². The van der Waals surface area contributed by atoms with Gasteiger partial charge >= 0.3 is 5.82 Å². The lowest BCUT2D eigenvalue weighted by molar-refractivity contribution is -0.390. The number of ether oxygens (including phenoxy) is 1. The van der Waals surface area contributed by atoms with E-state index in [0.29, 0.717) is 23.5 Å². The fraction of sp³-hybridized carbons (Fsp3) is 0.625. The molecule has 0 bridgehead atoms. The molecule has 7 heteroatoms. The van der Waals surface area contributed by atoms with Crippen molar-refractivity contribution >= 4 is 21.7 Å². The van der Waals surface area contributed by atoms with Crippen LogP contribution in [0.3, 0.4) is 0 Å². The molecule has 1 fully saturated rings. The van der Waals surface area contributed by atoms with E-state index in [4.69, 9.17) is 4.74 Å². The highest BCUT2D eigenvalue weighted by atomic mass is 79.9. The fourth-order valence-corrected chi connectivity index (χ4v) is 2.06. The van der Waals surface area contributed by atoms with Crippen LogP contribution >= 0.6 is 15.9 Å². The Bertz CT molecular complexity index is 373. The Morgan fingerprint density at radius 2 is 2.60 bits per heavy atom. The van der Waals surface area contributed by atoms with E-state index >= 15 is 0 Å². The predicted molar refractivity (Wildman–Crippen MR) is 55.5 cm³/mol. The van der Waals surface area contributed by atoms with Crippen molar-refractivity contribution in [3.8, 4) is 0 Å². The van der Waals surface area contributed by atoms with Crippen LogP contribution in [0.1, 0.15) is 6.42 Å². The van der Waals surface area contributed by atoms with E-state index < -0.39 is 4.92 Å². The standard InChI is InChI=1S/C8H10BrN3O3/c9-7-4-11(10-8(7)12(13)14)3-6-1-2-15-5-6/h4,6H,1-3,5H2. The third-order valence-corrected chi connectivity index (χ3v) is 2.90. The molecule has 1 aliphatic rings. The Labute approximate surface area is 94.5 Å². The summed E-state index contributed by atoms with van der Waals surface area (Å²) < 4.78 is 7.25. The number of aromatic nitrogens is 2. The molecule has 1 aromatic rings. The van der Waals surface area contributed by atoms with Crippen molar-refractivity contribution in [3.05, 3.63) is 20.8 Å². The summed E-state index contributed by atoms with van der Waals surface area (Å²) in [5.41, 5.74) is 0. The minimum absolute atomic E-state index is 0.131. The molecule has 0 aromatic carbocycles. The molecule has 1 unspecified atom stereocenters. The van der Waals surface area contributed by atoms with E-state index in [0.717, 1.165) is 13.0 Å². The molecule has 0 amide bonds. The van der Waals surface area contributed by atoms with Gasteiger partial charge in [-0.3, -0.25) is 0 Å². The van der Waals surface area contributed by atoms with Gasteiger partial charge in [-0.25, -0.2) is 0 Å². The van der Waals surface area contributed by atoms with E-state index in [1.807, 2.05) is 0 Å². The van der Waals surface area contributed by atoms with E-state index in [-0.39, 0.29) is 5.82 Å². The third kappa shape index (κ3) is 2.35. The lowest BCUT2D eigenvalue weighted by Gasteiger charge is -2.02. The Kier molecular flexibility index (Phi) is 3.01. The maximum absolute atomic E-state index is 10.5. The highest BCUT2D eigenvalue weighted by Crippen LogP contribution is 2.23. The highest BCUT2D eigenvalue weighted by molar-refractivity contribution is 9.10. The topological polar surface area (TPSA) is 70.2 Å². The van der Waals surface area contributed by atoms with Crippen LogP contribution in [0.4, 0.5) is 5.82 Å². The van der Waals surface area contributed by atoms with Gasteiger partial charge in [0.15, 0.2) is 0 Å². The second-order valence-corrected chi connectivity index (χ2v) is 4.36. The van der Waals surface area contributed by atoms with Gasteiger partial charge in [0.25, 0.3) is 0 Å². The van der Waals surface area contributed by atoms with Crippen LogP contribution in [-0.4, -0.2) is 27.9 Å².